The number of methoxy groups -OCH3 is 1. The lowest BCUT2D eigenvalue weighted by molar-refractivity contribution is 0.124. The molecule has 0 unspecified atom stereocenters. The van der Waals surface area contributed by atoms with E-state index in [1.807, 2.05) is 0 Å². The third kappa shape index (κ3) is 3.28. The predicted molar refractivity (Wildman–Crippen MR) is 55.9 cm³/mol. The molecule has 0 aromatic rings. The number of nitrogens with one attached hydrogen (secondary N) is 1. The summed E-state index contributed by atoms with van der Waals surface area (Å²) in [7, 11) is 1.71. The van der Waals surface area contributed by atoms with Crippen LogP contribution < -0.4 is 5.32 Å². The predicted octanol–water partition coefficient (Wildman–Crippen LogP) is 1.69. The quantitative estimate of drug-likeness (QED) is 0.703. The van der Waals surface area contributed by atoms with E-state index in [9.17, 15) is 0 Å². The largest absolute Gasteiger partial charge is 0.383 e. The number of nitrogens with zero attached hydrogens (tertiary/aromatic N) is 1. The van der Waals surface area contributed by atoms with Crippen LogP contribution in [-0.4, -0.2) is 25.8 Å². The van der Waals surface area contributed by atoms with E-state index in [1.54, 1.807) is 7.11 Å². The molecular formula is C11H20N2O. The molecule has 1 saturated carbocycles. The molecule has 1 rings (SSSR count). The Balaban J connectivity index is 2.29. The molecule has 0 radical (unpaired) electrons. The monoisotopic (exact) mass is 196 g/mol. The molecule has 0 aliphatic heterocycles. The van der Waals surface area contributed by atoms with Crippen molar-refractivity contribution in [2.45, 2.75) is 38.6 Å². The highest BCUT2D eigenvalue weighted by molar-refractivity contribution is 5.01. The number of ether oxygens (including phenoxy) is 1. The molecule has 3 nitrogen and oxygen atoms in total. The highest BCUT2D eigenvalue weighted by atomic mass is 16.5. The van der Waals surface area contributed by atoms with Gasteiger partial charge in [0, 0.05) is 25.6 Å². The van der Waals surface area contributed by atoms with Crippen molar-refractivity contribution >= 4 is 0 Å². The Morgan fingerprint density at radius 3 is 2.57 bits per heavy atom. The average molecular weight is 196 g/mol. The Hall–Kier alpha value is -0.590. The zero-order valence-electron chi connectivity index (χ0n) is 9.39. The summed E-state index contributed by atoms with van der Waals surface area (Å²) < 4.78 is 5.12. The molecule has 0 atom stereocenters. The Kier molecular flexibility index (Phi) is 3.52. The first-order valence-electron chi connectivity index (χ1n) is 5.15. The van der Waals surface area contributed by atoms with Crippen LogP contribution >= 0.6 is 0 Å². The second kappa shape index (κ2) is 4.29. The third-order valence-corrected chi connectivity index (χ3v) is 2.86. The first kappa shape index (κ1) is 11.5. The molecular weight excluding hydrogens is 176 g/mol. The standard InChI is InChI=1S/C11H20N2O/c1-10(2,9-14-3)13-8-11(4-5-11)6-7-12/h13H,4-6,8-9H2,1-3H3. The minimum atomic E-state index is 0.0137. The molecule has 0 amide bonds. The van der Waals surface area contributed by atoms with Crippen LogP contribution in [0.2, 0.25) is 0 Å². The minimum Gasteiger partial charge on any atom is -0.383 e. The summed E-state index contributed by atoms with van der Waals surface area (Å²) >= 11 is 0. The zero-order chi connectivity index (χ0) is 10.7. The highest BCUT2D eigenvalue weighted by Gasteiger charge is 2.42. The molecule has 0 aromatic heterocycles. The molecule has 14 heavy (non-hydrogen) atoms. The molecule has 0 bridgehead atoms. The zero-order valence-corrected chi connectivity index (χ0v) is 9.39. The van der Waals surface area contributed by atoms with E-state index >= 15 is 0 Å². The van der Waals surface area contributed by atoms with E-state index in [-0.39, 0.29) is 11.0 Å². The van der Waals surface area contributed by atoms with Crippen molar-refractivity contribution in [3.63, 3.8) is 0 Å². The van der Waals surface area contributed by atoms with E-state index in [1.165, 1.54) is 12.8 Å². The maximum atomic E-state index is 8.67. The summed E-state index contributed by atoms with van der Waals surface area (Å²) in [4.78, 5) is 0. The van der Waals surface area contributed by atoms with Gasteiger partial charge in [-0.3, -0.25) is 0 Å². The average Bonchev–Trinajstić information content (AvgIpc) is 2.83. The second-order valence-electron chi connectivity index (χ2n) is 5.01. The lowest BCUT2D eigenvalue weighted by Gasteiger charge is -2.27. The fourth-order valence-electron chi connectivity index (χ4n) is 1.60. The number of hydrogen-bond acceptors (Lipinski definition) is 3. The van der Waals surface area contributed by atoms with Gasteiger partial charge < -0.3 is 10.1 Å². The van der Waals surface area contributed by atoms with E-state index in [0.29, 0.717) is 13.0 Å². The van der Waals surface area contributed by atoms with E-state index in [2.05, 4.69) is 25.2 Å². The molecule has 80 valence electrons. The van der Waals surface area contributed by atoms with Crippen LogP contribution in [0.3, 0.4) is 0 Å². The summed E-state index contributed by atoms with van der Waals surface area (Å²) in [5.74, 6) is 0. The Morgan fingerprint density at radius 2 is 2.14 bits per heavy atom. The van der Waals surface area contributed by atoms with Crippen LogP contribution in [0.15, 0.2) is 0 Å². The lowest BCUT2D eigenvalue weighted by atomic mass is 10.0. The molecule has 1 aliphatic rings. The van der Waals surface area contributed by atoms with Crippen LogP contribution in [-0.2, 0) is 4.74 Å². The van der Waals surface area contributed by atoms with E-state index < -0.39 is 0 Å². The normalized spacial score (nSPS) is 19.0. The topological polar surface area (TPSA) is 45.0 Å². The van der Waals surface area contributed by atoms with Gasteiger partial charge in [0.15, 0.2) is 0 Å². The highest BCUT2D eigenvalue weighted by Crippen LogP contribution is 2.48. The van der Waals surface area contributed by atoms with E-state index in [0.717, 1.165) is 6.54 Å². The van der Waals surface area contributed by atoms with Crippen molar-refractivity contribution in [2.75, 3.05) is 20.3 Å². The van der Waals surface area contributed by atoms with Crippen molar-refractivity contribution in [3.05, 3.63) is 0 Å². The van der Waals surface area contributed by atoms with Crippen molar-refractivity contribution in [1.82, 2.24) is 5.32 Å². The molecule has 0 aromatic carbocycles. The fourth-order valence-corrected chi connectivity index (χ4v) is 1.60. The third-order valence-electron chi connectivity index (χ3n) is 2.86. The summed E-state index contributed by atoms with van der Waals surface area (Å²) in [6.45, 7) is 5.89. The second-order valence-corrected chi connectivity index (χ2v) is 5.01. The number of rotatable bonds is 6. The van der Waals surface area contributed by atoms with Gasteiger partial charge in [-0.15, -0.1) is 0 Å². The Bertz CT molecular complexity index is 226. The maximum Gasteiger partial charge on any atom is 0.0639 e. The lowest BCUT2D eigenvalue weighted by Crippen LogP contribution is -2.45. The summed E-state index contributed by atoms with van der Waals surface area (Å²) in [6, 6.07) is 2.27. The Morgan fingerprint density at radius 1 is 1.50 bits per heavy atom. The van der Waals surface area contributed by atoms with Gasteiger partial charge in [0.05, 0.1) is 12.7 Å². The van der Waals surface area contributed by atoms with Crippen molar-refractivity contribution in [1.29, 1.82) is 5.26 Å². The van der Waals surface area contributed by atoms with Crippen molar-refractivity contribution < 1.29 is 4.74 Å². The SMILES string of the molecule is COCC(C)(C)NCC1(CC#N)CC1. The first-order chi connectivity index (χ1) is 6.54. The molecule has 1 aliphatic carbocycles. The van der Waals surface area contributed by atoms with Gasteiger partial charge in [0.2, 0.25) is 0 Å². The fraction of sp³-hybridized carbons (Fsp3) is 0.909. The molecule has 0 heterocycles. The number of hydrogen-bond donors (Lipinski definition) is 1. The van der Waals surface area contributed by atoms with Gasteiger partial charge >= 0.3 is 0 Å². The molecule has 1 N–H and O–H groups in total. The van der Waals surface area contributed by atoms with Gasteiger partial charge in [0.25, 0.3) is 0 Å². The summed E-state index contributed by atoms with van der Waals surface area (Å²) in [6.07, 6.45) is 3.07. The Labute approximate surface area is 86.4 Å². The van der Waals surface area contributed by atoms with Crippen LogP contribution in [0, 0.1) is 16.7 Å². The molecule has 1 fully saturated rings. The van der Waals surface area contributed by atoms with Gasteiger partial charge in [-0.1, -0.05) is 0 Å². The van der Waals surface area contributed by atoms with E-state index in [4.69, 9.17) is 10.00 Å². The molecule has 0 spiro atoms. The van der Waals surface area contributed by atoms with Crippen LogP contribution in [0.1, 0.15) is 33.1 Å². The molecule has 3 heteroatoms. The smallest absolute Gasteiger partial charge is 0.0639 e. The van der Waals surface area contributed by atoms with Crippen molar-refractivity contribution in [3.8, 4) is 6.07 Å². The summed E-state index contributed by atoms with van der Waals surface area (Å²) in [5.41, 5.74) is 0.291. The van der Waals surface area contributed by atoms with Crippen LogP contribution in [0.25, 0.3) is 0 Å². The van der Waals surface area contributed by atoms with Gasteiger partial charge in [0.1, 0.15) is 0 Å². The maximum absolute atomic E-state index is 8.67. The van der Waals surface area contributed by atoms with Gasteiger partial charge in [-0.25, -0.2) is 0 Å². The van der Waals surface area contributed by atoms with Gasteiger partial charge in [-0.05, 0) is 32.1 Å². The van der Waals surface area contributed by atoms with Gasteiger partial charge in [-0.2, -0.15) is 5.26 Å². The molecule has 0 saturated heterocycles. The number of nitriles is 1. The summed E-state index contributed by atoms with van der Waals surface area (Å²) in [5, 5.41) is 12.1. The van der Waals surface area contributed by atoms with Crippen LogP contribution in [0.4, 0.5) is 0 Å². The van der Waals surface area contributed by atoms with Crippen LogP contribution in [0.5, 0.6) is 0 Å². The first-order valence-corrected chi connectivity index (χ1v) is 5.15. The van der Waals surface area contributed by atoms with Crippen molar-refractivity contribution in [2.24, 2.45) is 5.41 Å². The minimum absolute atomic E-state index is 0.0137.